The number of carbonyl (C=O) groups is 1. The van der Waals surface area contributed by atoms with Gasteiger partial charge in [-0.1, -0.05) is 0 Å². The Morgan fingerprint density at radius 3 is 2.79 bits per heavy atom. The predicted molar refractivity (Wildman–Crippen MR) is 86.1 cm³/mol. The van der Waals surface area contributed by atoms with Crippen molar-refractivity contribution in [3.8, 4) is 5.69 Å². The molecule has 7 heteroatoms. The van der Waals surface area contributed by atoms with E-state index in [-0.39, 0.29) is 17.1 Å². The van der Waals surface area contributed by atoms with Gasteiger partial charge in [-0.15, -0.1) is 0 Å². The van der Waals surface area contributed by atoms with Crippen LogP contribution in [0.15, 0.2) is 30.9 Å². The fourth-order valence-corrected chi connectivity index (χ4v) is 4.05. The fraction of sp³-hybridized carbons (Fsp3) is 0.471. The molecule has 1 saturated carbocycles. The maximum Gasteiger partial charge on any atom is 0.254 e. The molecule has 3 aliphatic rings. The van der Waals surface area contributed by atoms with Crippen LogP contribution in [0.4, 0.5) is 4.39 Å². The molecule has 24 heavy (non-hydrogen) atoms. The van der Waals surface area contributed by atoms with Gasteiger partial charge in [0.05, 0.1) is 5.54 Å². The first-order chi connectivity index (χ1) is 11.6. The number of fused-ring (bicyclic) bond motifs is 3. The maximum absolute atomic E-state index is 14.4. The first kappa shape index (κ1) is 15.3. The largest absolute Gasteiger partial charge is 0.331 e. The Bertz CT molecular complexity index is 752. The molecule has 1 aromatic heterocycles. The first-order valence-electron chi connectivity index (χ1n) is 8.29. The van der Waals surface area contributed by atoms with E-state index in [4.69, 9.17) is 5.73 Å². The van der Waals surface area contributed by atoms with Crippen LogP contribution in [0.2, 0.25) is 0 Å². The Kier molecular flexibility index (Phi) is 3.60. The quantitative estimate of drug-likeness (QED) is 0.931. The van der Waals surface area contributed by atoms with Gasteiger partial charge in [0.25, 0.3) is 5.91 Å². The van der Waals surface area contributed by atoms with Crippen LogP contribution >= 0.6 is 0 Å². The van der Waals surface area contributed by atoms with Crippen molar-refractivity contribution in [1.82, 2.24) is 19.7 Å². The lowest BCUT2D eigenvalue weighted by Crippen LogP contribution is -2.63. The third-order valence-corrected chi connectivity index (χ3v) is 5.53. The van der Waals surface area contributed by atoms with Crippen molar-refractivity contribution in [1.29, 1.82) is 0 Å². The highest BCUT2D eigenvalue weighted by Crippen LogP contribution is 2.43. The van der Waals surface area contributed by atoms with Crippen LogP contribution in [-0.4, -0.2) is 44.2 Å². The number of hydrogen-bond donors (Lipinski definition) is 1. The number of nitrogens with zero attached hydrogens (tertiary/aromatic N) is 4. The summed E-state index contributed by atoms with van der Waals surface area (Å²) in [5.74, 6) is -0.0779. The topological polar surface area (TPSA) is 77.0 Å². The Labute approximate surface area is 139 Å². The molecule has 0 atom stereocenters. The van der Waals surface area contributed by atoms with Crippen molar-refractivity contribution in [3.05, 3.63) is 42.2 Å². The summed E-state index contributed by atoms with van der Waals surface area (Å²) in [4.78, 5) is 18.7. The number of benzene rings is 1. The number of amides is 1. The van der Waals surface area contributed by atoms with E-state index in [0.29, 0.717) is 18.0 Å². The Hall–Kier alpha value is -2.28. The van der Waals surface area contributed by atoms with Gasteiger partial charge in [0.2, 0.25) is 0 Å². The smallest absolute Gasteiger partial charge is 0.254 e. The van der Waals surface area contributed by atoms with E-state index in [9.17, 15) is 9.18 Å². The molecule has 3 heterocycles. The van der Waals surface area contributed by atoms with Crippen molar-refractivity contribution < 1.29 is 9.18 Å². The molecule has 2 saturated heterocycles. The predicted octanol–water partition coefficient (Wildman–Crippen LogP) is 1.75. The number of aromatic nitrogens is 3. The molecule has 2 aromatic rings. The lowest BCUT2D eigenvalue weighted by atomic mass is 9.70. The van der Waals surface area contributed by atoms with Crippen LogP contribution in [0.3, 0.4) is 0 Å². The van der Waals surface area contributed by atoms with Crippen LogP contribution in [0.1, 0.15) is 36.0 Å². The van der Waals surface area contributed by atoms with Gasteiger partial charge >= 0.3 is 0 Å². The van der Waals surface area contributed by atoms with Gasteiger partial charge in [-0.05, 0) is 49.8 Å². The fourth-order valence-electron chi connectivity index (χ4n) is 4.05. The molecule has 1 aliphatic carbocycles. The SMILES string of the molecule is NCC12CCC(CC1)CN2C(=O)c1ccc(-n2cncn2)c(F)c1. The number of carbonyl (C=O) groups excluding carboxylic acids is 1. The normalized spacial score (nSPS) is 25.9. The third kappa shape index (κ3) is 2.31. The Balaban J connectivity index is 1.64. The molecule has 2 bridgehead atoms. The van der Waals surface area contributed by atoms with Crippen molar-refractivity contribution in [2.75, 3.05) is 13.1 Å². The lowest BCUT2D eigenvalue weighted by molar-refractivity contribution is -0.0152. The first-order valence-corrected chi connectivity index (χ1v) is 8.29. The molecule has 6 nitrogen and oxygen atoms in total. The highest BCUT2D eigenvalue weighted by atomic mass is 19.1. The molecule has 1 aromatic carbocycles. The number of hydrogen-bond acceptors (Lipinski definition) is 4. The van der Waals surface area contributed by atoms with E-state index in [1.54, 1.807) is 12.1 Å². The maximum atomic E-state index is 14.4. The zero-order valence-corrected chi connectivity index (χ0v) is 13.4. The van der Waals surface area contributed by atoms with Gasteiger partial charge in [-0.2, -0.15) is 5.10 Å². The summed E-state index contributed by atoms with van der Waals surface area (Å²) in [7, 11) is 0. The molecule has 0 spiro atoms. The van der Waals surface area contributed by atoms with Crippen molar-refractivity contribution in [3.63, 3.8) is 0 Å². The lowest BCUT2D eigenvalue weighted by Gasteiger charge is -2.54. The minimum Gasteiger partial charge on any atom is -0.331 e. The van der Waals surface area contributed by atoms with Gasteiger partial charge in [0.1, 0.15) is 24.2 Å². The number of halogens is 1. The van der Waals surface area contributed by atoms with E-state index in [2.05, 4.69) is 10.1 Å². The molecule has 5 rings (SSSR count). The van der Waals surface area contributed by atoms with E-state index in [0.717, 1.165) is 32.2 Å². The average Bonchev–Trinajstić information content (AvgIpc) is 3.16. The molecule has 2 N–H and O–H groups in total. The van der Waals surface area contributed by atoms with Gasteiger partial charge in [-0.3, -0.25) is 4.79 Å². The van der Waals surface area contributed by atoms with Gasteiger partial charge in [0, 0.05) is 18.7 Å². The van der Waals surface area contributed by atoms with Crippen LogP contribution in [0, 0.1) is 11.7 Å². The molecule has 3 fully saturated rings. The highest BCUT2D eigenvalue weighted by Gasteiger charge is 2.47. The summed E-state index contributed by atoms with van der Waals surface area (Å²) in [5.41, 5.74) is 6.39. The van der Waals surface area contributed by atoms with Crippen LogP contribution < -0.4 is 5.73 Å². The van der Waals surface area contributed by atoms with Crippen LogP contribution in [-0.2, 0) is 0 Å². The molecular formula is C17H20FN5O. The molecule has 0 radical (unpaired) electrons. The highest BCUT2D eigenvalue weighted by molar-refractivity contribution is 5.95. The van der Waals surface area contributed by atoms with Gasteiger partial charge < -0.3 is 10.6 Å². The second-order valence-electron chi connectivity index (χ2n) is 6.79. The van der Waals surface area contributed by atoms with Gasteiger partial charge in [-0.25, -0.2) is 14.1 Å². The Morgan fingerprint density at radius 2 is 2.17 bits per heavy atom. The third-order valence-electron chi connectivity index (χ3n) is 5.53. The molecule has 1 amide bonds. The minimum absolute atomic E-state index is 0.131. The summed E-state index contributed by atoms with van der Waals surface area (Å²) in [6.45, 7) is 1.19. The average molecular weight is 329 g/mol. The van der Waals surface area contributed by atoms with Crippen molar-refractivity contribution >= 4 is 5.91 Å². The van der Waals surface area contributed by atoms with Crippen LogP contribution in [0.5, 0.6) is 0 Å². The minimum atomic E-state index is -0.490. The Morgan fingerprint density at radius 1 is 1.38 bits per heavy atom. The summed E-state index contributed by atoms with van der Waals surface area (Å²) >= 11 is 0. The number of piperidine rings is 2. The zero-order chi connectivity index (χ0) is 16.7. The number of rotatable bonds is 3. The van der Waals surface area contributed by atoms with Crippen LogP contribution in [0.25, 0.3) is 5.69 Å². The standard InChI is InChI=1S/C17H20FN5O/c18-14-7-13(1-2-15(14)23-11-20-10-21-23)16(24)22-8-12-3-5-17(22,9-19)6-4-12/h1-2,7,10-12H,3-6,8-9,19H2. The molecule has 126 valence electrons. The van der Waals surface area contributed by atoms with E-state index in [1.807, 2.05) is 4.90 Å². The summed E-state index contributed by atoms with van der Waals surface area (Å²) in [6.07, 6.45) is 6.90. The van der Waals surface area contributed by atoms with Crippen molar-refractivity contribution in [2.45, 2.75) is 31.2 Å². The van der Waals surface area contributed by atoms with Gasteiger partial charge in [0.15, 0.2) is 0 Å². The monoisotopic (exact) mass is 329 g/mol. The molecule has 2 aliphatic heterocycles. The van der Waals surface area contributed by atoms with E-state index >= 15 is 0 Å². The van der Waals surface area contributed by atoms with E-state index < -0.39 is 5.82 Å². The second kappa shape index (κ2) is 5.66. The molecule has 0 unspecified atom stereocenters. The number of nitrogens with two attached hydrogens (primary N) is 1. The molecular weight excluding hydrogens is 309 g/mol. The zero-order valence-electron chi connectivity index (χ0n) is 13.4. The van der Waals surface area contributed by atoms with Crippen molar-refractivity contribution in [2.24, 2.45) is 11.7 Å². The summed E-state index contributed by atoms with van der Waals surface area (Å²) in [6, 6.07) is 4.50. The van der Waals surface area contributed by atoms with E-state index in [1.165, 1.54) is 23.4 Å². The summed E-state index contributed by atoms with van der Waals surface area (Å²) in [5, 5.41) is 3.92. The summed E-state index contributed by atoms with van der Waals surface area (Å²) < 4.78 is 15.8. The second-order valence-corrected chi connectivity index (χ2v) is 6.79.